The predicted octanol–water partition coefficient (Wildman–Crippen LogP) is 3.64. The van der Waals surface area contributed by atoms with Crippen molar-refractivity contribution < 1.29 is 0 Å². The van der Waals surface area contributed by atoms with Gasteiger partial charge in [-0.05, 0) is 31.0 Å². The number of aromatic nitrogens is 2. The summed E-state index contributed by atoms with van der Waals surface area (Å²) in [6, 6.07) is 8.27. The molecule has 94 valence electrons. The fourth-order valence-corrected chi connectivity index (χ4v) is 2.10. The van der Waals surface area contributed by atoms with E-state index in [1.54, 1.807) is 6.07 Å². The Balaban J connectivity index is 1.76. The van der Waals surface area contributed by atoms with Gasteiger partial charge in [-0.3, -0.25) is 5.10 Å². The van der Waals surface area contributed by atoms with E-state index >= 15 is 0 Å². The number of nitrogens with zero attached hydrogens (tertiary/aromatic N) is 1. The Labute approximate surface area is 115 Å². The van der Waals surface area contributed by atoms with Crippen LogP contribution in [0.2, 0.25) is 10.0 Å². The fourth-order valence-electron chi connectivity index (χ4n) is 1.80. The summed E-state index contributed by atoms with van der Waals surface area (Å²) in [5.74, 6) is 0. The molecule has 3 rings (SSSR count). The van der Waals surface area contributed by atoms with E-state index in [0.717, 1.165) is 23.5 Å². The topological polar surface area (TPSA) is 40.7 Å². The molecule has 1 heterocycles. The Morgan fingerprint density at radius 2 is 2.06 bits per heavy atom. The lowest BCUT2D eigenvalue weighted by molar-refractivity contribution is 0.672. The van der Waals surface area contributed by atoms with Crippen LogP contribution in [-0.2, 0) is 6.54 Å². The number of rotatable bonds is 4. The van der Waals surface area contributed by atoms with E-state index in [1.807, 2.05) is 18.2 Å². The summed E-state index contributed by atoms with van der Waals surface area (Å²) in [6.07, 6.45) is 2.57. The van der Waals surface area contributed by atoms with Crippen LogP contribution in [0, 0.1) is 0 Å². The predicted molar refractivity (Wildman–Crippen MR) is 73.9 cm³/mol. The normalized spacial score (nSPS) is 15.0. The van der Waals surface area contributed by atoms with E-state index in [4.69, 9.17) is 23.2 Å². The third-order valence-electron chi connectivity index (χ3n) is 3.00. The number of halogens is 2. The molecule has 0 aliphatic heterocycles. The van der Waals surface area contributed by atoms with Crippen LogP contribution < -0.4 is 5.32 Å². The molecule has 0 unspecified atom stereocenters. The Morgan fingerprint density at radius 1 is 1.22 bits per heavy atom. The third kappa shape index (κ3) is 2.69. The number of aromatic amines is 1. The highest BCUT2D eigenvalue weighted by atomic mass is 35.5. The van der Waals surface area contributed by atoms with Gasteiger partial charge in [0.25, 0.3) is 0 Å². The molecule has 1 aromatic carbocycles. The highest BCUT2D eigenvalue weighted by Gasteiger charge is 2.20. The second-order valence-electron chi connectivity index (χ2n) is 4.56. The maximum Gasteiger partial charge on any atom is 0.0924 e. The fraction of sp³-hybridized carbons (Fsp3) is 0.308. The van der Waals surface area contributed by atoms with Crippen molar-refractivity contribution in [1.82, 2.24) is 15.5 Å². The van der Waals surface area contributed by atoms with Crippen molar-refractivity contribution in [2.75, 3.05) is 0 Å². The summed E-state index contributed by atoms with van der Waals surface area (Å²) in [4.78, 5) is 0. The average Bonchev–Trinajstić information content (AvgIpc) is 3.08. The van der Waals surface area contributed by atoms with Crippen molar-refractivity contribution in [3.05, 3.63) is 40.0 Å². The van der Waals surface area contributed by atoms with Crippen molar-refractivity contribution >= 4 is 23.2 Å². The van der Waals surface area contributed by atoms with Gasteiger partial charge in [0.15, 0.2) is 0 Å². The van der Waals surface area contributed by atoms with Crippen LogP contribution >= 0.6 is 23.2 Å². The maximum absolute atomic E-state index is 6.00. The van der Waals surface area contributed by atoms with Crippen LogP contribution in [0.1, 0.15) is 18.5 Å². The maximum atomic E-state index is 6.00. The SMILES string of the molecule is Clc1ccc(-c2cc(CNC3CC3)[nH]n2)cc1Cl. The molecule has 0 amide bonds. The first-order chi connectivity index (χ1) is 8.72. The molecule has 1 fully saturated rings. The highest BCUT2D eigenvalue weighted by molar-refractivity contribution is 6.42. The molecule has 1 aromatic heterocycles. The van der Waals surface area contributed by atoms with Gasteiger partial charge >= 0.3 is 0 Å². The second-order valence-corrected chi connectivity index (χ2v) is 5.38. The average molecular weight is 282 g/mol. The summed E-state index contributed by atoms with van der Waals surface area (Å²) < 4.78 is 0. The summed E-state index contributed by atoms with van der Waals surface area (Å²) in [5, 5.41) is 11.9. The van der Waals surface area contributed by atoms with E-state index in [2.05, 4.69) is 15.5 Å². The van der Waals surface area contributed by atoms with Crippen LogP contribution in [0.5, 0.6) is 0 Å². The molecule has 3 nitrogen and oxygen atoms in total. The Bertz CT molecular complexity index is 561. The van der Waals surface area contributed by atoms with Crippen LogP contribution in [0.25, 0.3) is 11.3 Å². The van der Waals surface area contributed by atoms with Gasteiger partial charge in [0.2, 0.25) is 0 Å². The van der Waals surface area contributed by atoms with Crippen molar-refractivity contribution in [2.45, 2.75) is 25.4 Å². The monoisotopic (exact) mass is 281 g/mol. The second kappa shape index (κ2) is 4.92. The van der Waals surface area contributed by atoms with Gasteiger partial charge in [0.1, 0.15) is 0 Å². The van der Waals surface area contributed by atoms with Gasteiger partial charge < -0.3 is 5.32 Å². The number of hydrogen-bond donors (Lipinski definition) is 2. The molecular formula is C13H13Cl2N3. The van der Waals surface area contributed by atoms with Gasteiger partial charge in [-0.1, -0.05) is 29.3 Å². The number of nitrogens with one attached hydrogen (secondary N) is 2. The molecule has 5 heteroatoms. The Kier molecular flexibility index (Phi) is 3.29. The molecule has 0 spiro atoms. The van der Waals surface area contributed by atoms with E-state index in [1.165, 1.54) is 12.8 Å². The lowest BCUT2D eigenvalue weighted by Crippen LogP contribution is -2.15. The van der Waals surface area contributed by atoms with Crippen LogP contribution in [0.4, 0.5) is 0 Å². The van der Waals surface area contributed by atoms with Gasteiger partial charge in [0, 0.05) is 23.8 Å². The lowest BCUT2D eigenvalue weighted by Gasteiger charge is -1.99. The van der Waals surface area contributed by atoms with E-state index in [9.17, 15) is 0 Å². The molecule has 0 bridgehead atoms. The van der Waals surface area contributed by atoms with Crippen molar-refractivity contribution in [3.63, 3.8) is 0 Å². The summed E-state index contributed by atoms with van der Waals surface area (Å²) in [6.45, 7) is 0.832. The number of hydrogen-bond acceptors (Lipinski definition) is 2. The largest absolute Gasteiger partial charge is 0.308 e. The van der Waals surface area contributed by atoms with E-state index < -0.39 is 0 Å². The smallest absolute Gasteiger partial charge is 0.0924 e. The van der Waals surface area contributed by atoms with Crippen LogP contribution in [0.15, 0.2) is 24.3 Å². The molecule has 1 aliphatic rings. The van der Waals surface area contributed by atoms with E-state index in [0.29, 0.717) is 16.1 Å². The van der Waals surface area contributed by atoms with Gasteiger partial charge in [0.05, 0.1) is 15.7 Å². The first-order valence-electron chi connectivity index (χ1n) is 5.95. The molecule has 1 aliphatic carbocycles. The minimum absolute atomic E-state index is 0.551. The van der Waals surface area contributed by atoms with Gasteiger partial charge in [-0.25, -0.2) is 0 Å². The quantitative estimate of drug-likeness (QED) is 0.899. The minimum Gasteiger partial charge on any atom is -0.308 e. The Hall–Kier alpha value is -1.03. The molecule has 0 radical (unpaired) electrons. The molecule has 2 aromatic rings. The highest BCUT2D eigenvalue weighted by Crippen LogP contribution is 2.28. The van der Waals surface area contributed by atoms with E-state index in [-0.39, 0.29) is 0 Å². The number of benzene rings is 1. The van der Waals surface area contributed by atoms with Crippen molar-refractivity contribution in [2.24, 2.45) is 0 Å². The number of H-pyrrole nitrogens is 1. The summed E-state index contributed by atoms with van der Waals surface area (Å²) >= 11 is 11.9. The standard InChI is InChI=1S/C13H13Cl2N3/c14-11-4-1-8(5-12(11)15)13-6-10(17-18-13)7-16-9-2-3-9/h1,4-6,9,16H,2-3,7H2,(H,17,18). The summed E-state index contributed by atoms with van der Waals surface area (Å²) in [5.41, 5.74) is 2.95. The van der Waals surface area contributed by atoms with Crippen LogP contribution in [0.3, 0.4) is 0 Å². The molecule has 0 atom stereocenters. The minimum atomic E-state index is 0.551. The molecule has 18 heavy (non-hydrogen) atoms. The molecule has 2 N–H and O–H groups in total. The zero-order valence-electron chi connectivity index (χ0n) is 9.71. The zero-order valence-corrected chi connectivity index (χ0v) is 11.2. The molecule has 0 saturated heterocycles. The first-order valence-corrected chi connectivity index (χ1v) is 6.71. The molecule has 1 saturated carbocycles. The third-order valence-corrected chi connectivity index (χ3v) is 3.74. The lowest BCUT2D eigenvalue weighted by atomic mass is 10.1. The van der Waals surface area contributed by atoms with Gasteiger partial charge in [-0.2, -0.15) is 5.10 Å². The van der Waals surface area contributed by atoms with Crippen molar-refractivity contribution in [1.29, 1.82) is 0 Å². The van der Waals surface area contributed by atoms with Crippen LogP contribution in [-0.4, -0.2) is 16.2 Å². The molecular weight excluding hydrogens is 269 g/mol. The van der Waals surface area contributed by atoms with Gasteiger partial charge in [-0.15, -0.1) is 0 Å². The first kappa shape index (κ1) is 12.0. The zero-order chi connectivity index (χ0) is 12.5. The van der Waals surface area contributed by atoms with Crippen molar-refractivity contribution in [3.8, 4) is 11.3 Å². The summed E-state index contributed by atoms with van der Waals surface area (Å²) in [7, 11) is 0. The Morgan fingerprint density at radius 3 is 2.78 bits per heavy atom.